The highest BCUT2D eigenvalue weighted by atomic mass is 19.1. The lowest BCUT2D eigenvalue weighted by Crippen LogP contribution is -2.33. The van der Waals surface area contributed by atoms with Gasteiger partial charge in [0.25, 0.3) is 0 Å². The Kier molecular flexibility index (Phi) is 4.76. The molecule has 0 amide bonds. The summed E-state index contributed by atoms with van der Waals surface area (Å²) in [5, 5.41) is 3.49. The van der Waals surface area contributed by atoms with Gasteiger partial charge in [-0.1, -0.05) is 0 Å². The molecule has 1 N–H and O–H groups in total. The van der Waals surface area contributed by atoms with Gasteiger partial charge >= 0.3 is 0 Å². The molecule has 1 aromatic rings. The third-order valence-corrected chi connectivity index (χ3v) is 4.37. The van der Waals surface area contributed by atoms with Gasteiger partial charge in [0.1, 0.15) is 5.82 Å². The highest BCUT2D eigenvalue weighted by molar-refractivity contribution is 5.54. The van der Waals surface area contributed by atoms with Crippen molar-refractivity contribution >= 4 is 5.69 Å². The maximum atomic E-state index is 13.6. The van der Waals surface area contributed by atoms with Crippen LogP contribution >= 0.6 is 0 Å². The van der Waals surface area contributed by atoms with Crippen LogP contribution in [0.5, 0.6) is 0 Å². The molecule has 0 spiro atoms. The number of halogens is 1. The molecule has 1 saturated carbocycles. The first-order valence-corrected chi connectivity index (χ1v) is 8.14. The van der Waals surface area contributed by atoms with E-state index in [1.54, 1.807) is 12.1 Å². The molecule has 0 bridgehead atoms. The number of hydrogen-bond donors (Lipinski definition) is 1. The van der Waals surface area contributed by atoms with Crippen molar-refractivity contribution in [3.63, 3.8) is 0 Å². The van der Waals surface area contributed by atoms with E-state index in [1.807, 2.05) is 6.07 Å². The van der Waals surface area contributed by atoms with Crippen molar-refractivity contribution in [2.45, 2.75) is 51.3 Å². The highest BCUT2D eigenvalue weighted by Crippen LogP contribution is 2.26. The van der Waals surface area contributed by atoms with E-state index >= 15 is 0 Å². The average molecular weight is 292 g/mol. The van der Waals surface area contributed by atoms with Gasteiger partial charge < -0.3 is 15.0 Å². The third-order valence-electron chi connectivity index (χ3n) is 4.37. The second-order valence-electron chi connectivity index (χ2n) is 6.10. The van der Waals surface area contributed by atoms with Gasteiger partial charge in [-0.2, -0.15) is 0 Å². The number of nitrogens with zero attached hydrogens (tertiary/aromatic N) is 1. The van der Waals surface area contributed by atoms with Crippen molar-refractivity contribution in [2.24, 2.45) is 0 Å². The fourth-order valence-electron chi connectivity index (χ4n) is 2.98. The van der Waals surface area contributed by atoms with Crippen molar-refractivity contribution in [1.82, 2.24) is 5.32 Å². The first-order chi connectivity index (χ1) is 10.3. The first kappa shape index (κ1) is 14.8. The molecule has 1 unspecified atom stereocenters. The minimum Gasteiger partial charge on any atom is -0.376 e. The number of ether oxygens (including phenoxy) is 1. The SMILES string of the molecule is CCN(CC1CCCO1)c1ccc(F)cc1CNC1CC1. The predicted octanol–water partition coefficient (Wildman–Crippen LogP) is 3.08. The Bertz CT molecular complexity index is 470. The number of rotatable bonds is 7. The topological polar surface area (TPSA) is 24.5 Å². The van der Waals surface area contributed by atoms with Crippen LogP contribution in [0.2, 0.25) is 0 Å². The Morgan fingerprint density at radius 2 is 2.19 bits per heavy atom. The van der Waals surface area contributed by atoms with Crippen molar-refractivity contribution in [3.05, 3.63) is 29.6 Å². The van der Waals surface area contributed by atoms with Crippen molar-refractivity contribution in [3.8, 4) is 0 Å². The largest absolute Gasteiger partial charge is 0.376 e. The number of nitrogens with one attached hydrogen (secondary N) is 1. The minimum atomic E-state index is -0.153. The van der Waals surface area contributed by atoms with Gasteiger partial charge in [0.15, 0.2) is 0 Å². The molecule has 1 atom stereocenters. The van der Waals surface area contributed by atoms with Gasteiger partial charge in [-0.15, -0.1) is 0 Å². The predicted molar refractivity (Wildman–Crippen MR) is 83.1 cm³/mol. The van der Waals surface area contributed by atoms with Gasteiger partial charge in [0, 0.05) is 38.0 Å². The normalized spacial score (nSPS) is 21.7. The van der Waals surface area contributed by atoms with E-state index in [4.69, 9.17) is 4.74 Å². The summed E-state index contributed by atoms with van der Waals surface area (Å²) in [6.45, 7) is 5.60. The number of benzene rings is 1. The highest BCUT2D eigenvalue weighted by Gasteiger charge is 2.23. The van der Waals surface area contributed by atoms with Crippen LogP contribution < -0.4 is 10.2 Å². The Hall–Kier alpha value is -1.13. The van der Waals surface area contributed by atoms with E-state index in [-0.39, 0.29) is 5.82 Å². The second kappa shape index (κ2) is 6.75. The van der Waals surface area contributed by atoms with Crippen LogP contribution in [-0.4, -0.2) is 31.8 Å². The van der Waals surface area contributed by atoms with Gasteiger partial charge in [-0.3, -0.25) is 0 Å². The summed E-state index contributed by atoms with van der Waals surface area (Å²) < 4.78 is 19.3. The summed E-state index contributed by atoms with van der Waals surface area (Å²) in [6, 6.07) is 5.78. The minimum absolute atomic E-state index is 0.153. The second-order valence-corrected chi connectivity index (χ2v) is 6.10. The number of anilines is 1. The van der Waals surface area contributed by atoms with Crippen LogP contribution in [0.1, 0.15) is 38.2 Å². The molecule has 0 aromatic heterocycles. The molecule has 3 nitrogen and oxygen atoms in total. The van der Waals surface area contributed by atoms with Crippen molar-refractivity contribution in [2.75, 3.05) is 24.6 Å². The van der Waals surface area contributed by atoms with E-state index in [2.05, 4.69) is 17.1 Å². The lowest BCUT2D eigenvalue weighted by Gasteiger charge is -2.28. The zero-order valence-corrected chi connectivity index (χ0v) is 12.8. The smallest absolute Gasteiger partial charge is 0.123 e. The fraction of sp³-hybridized carbons (Fsp3) is 0.647. The molecule has 1 aliphatic carbocycles. The number of likely N-dealkylation sites (N-methyl/N-ethyl adjacent to an activating group) is 1. The zero-order valence-electron chi connectivity index (χ0n) is 12.8. The summed E-state index contributed by atoms with van der Waals surface area (Å²) in [4.78, 5) is 2.32. The van der Waals surface area contributed by atoms with Gasteiger partial charge in [-0.25, -0.2) is 4.39 Å². The molecule has 2 fully saturated rings. The fourth-order valence-corrected chi connectivity index (χ4v) is 2.98. The van der Waals surface area contributed by atoms with Crippen LogP contribution in [0.25, 0.3) is 0 Å². The van der Waals surface area contributed by atoms with E-state index in [1.165, 1.54) is 12.8 Å². The molecular formula is C17H25FN2O. The first-order valence-electron chi connectivity index (χ1n) is 8.14. The summed E-state index contributed by atoms with van der Waals surface area (Å²) in [7, 11) is 0. The maximum Gasteiger partial charge on any atom is 0.123 e. The monoisotopic (exact) mass is 292 g/mol. The van der Waals surface area contributed by atoms with E-state index in [0.29, 0.717) is 12.1 Å². The summed E-state index contributed by atoms with van der Waals surface area (Å²) >= 11 is 0. The molecule has 2 aliphatic rings. The molecular weight excluding hydrogens is 267 g/mol. The molecule has 116 valence electrons. The molecule has 1 saturated heterocycles. The van der Waals surface area contributed by atoms with Crippen LogP contribution in [0.3, 0.4) is 0 Å². The Morgan fingerprint density at radius 3 is 2.86 bits per heavy atom. The summed E-state index contributed by atoms with van der Waals surface area (Å²) in [5.74, 6) is -0.153. The molecule has 1 heterocycles. The molecule has 0 radical (unpaired) electrons. The van der Waals surface area contributed by atoms with E-state index < -0.39 is 0 Å². The standard InChI is InChI=1S/C17H25FN2O/c1-2-20(12-16-4-3-9-21-16)17-8-5-14(18)10-13(17)11-19-15-6-7-15/h5,8,10,15-16,19H,2-4,6-7,9,11-12H2,1H3. The quantitative estimate of drug-likeness (QED) is 0.836. The average Bonchev–Trinajstić information content (AvgIpc) is 3.18. The molecule has 1 aromatic carbocycles. The molecule has 1 aliphatic heterocycles. The van der Waals surface area contributed by atoms with Crippen LogP contribution in [0.4, 0.5) is 10.1 Å². The van der Waals surface area contributed by atoms with E-state index in [0.717, 1.165) is 50.3 Å². The lowest BCUT2D eigenvalue weighted by atomic mass is 10.1. The van der Waals surface area contributed by atoms with E-state index in [9.17, 15) is 4.39 Å². The van der Waals surface area contributed by atoms with Crippen molar-refractivity contribution < 1.29 is 9.13 Å². The zero-order chi connectivity index (χ0) is 14.7. The Morgan fingerprint density at radius 1 is 1.33 bits per heavy atom. The van der Waals surface area contributed by atoms with Crippen LogP contribution in [0.15, 0.2) is 18.2 Å². The molecule has 3 rings (SSSR count). The van der Waals surface area contributed by atoms with Crippen LogP contribution in [-0.2, 0) is 11.3 Å². The Balaban J connectivity index is 1.72. The number of hydrogen-bond acceptors (Lipinski definition) is 3. The van der Waals surface area contributed by atoms with Gasteiger partial charge in [0.05, 0.1) is 6.10 Å². The molecule has 21 heavy (non-hydrogen) atoms. The third kappa shape index (κ3) is 3.95. The van der Waals surface area contributed by atoms with Crippen molar-refractivity contribution in [1.29, 1.82) is 0 Å². The van der Waals surface area contributed by atoms with Gasteiger partial charge in [-0.05, 0) is 56.4 Å². The Labute approximate surface area is 126 Å². The summed E-state index contributed by atoms with van der Waals surface area (Å²) in [6.07, 6.45) is 5.10. The lowest BCUT2D eigenvalue weighted by molar-refractivity contribution is 0.115. The molecule has 4 heteroatoms. The van der Waals surface area contributed by atoms with Crippen LogP contribution in [0, 0.1) is 5.82 Å². The van der Waals surface area contributed by atoms with Gasteiger partial charge in [0.2, 0.25) is 0 Å². The maximum absolute atomic E-state index is 13.6. The summed E-state index contributed by atoms with van der Waals surface area (Å²) in [5.41, 5.74) is 2.20.